The average molecular weight is 375 g/mol. The lowest BCUT2D eigenvalue weighted by Crippen LogP contribution is -2.21. The molecule has 5 N–H and O–H groups in total. The number of rotatable bonds is 5. The van der Waals surface area contributed by atoms with Gasteiger partial charge in [-0.25, -0.2) is 14.6 Å². The molecule has 0 aromatic heterocycles. The van der Waals surface area contributed by atoms with Crippen molar-refractivity contribution in [1.29, 1.82) is 0 Å². The summed E-state index contributed by atoms with van der Waals surface area (Å²) in [6, 6.07) is 19.8. The van der Waals surface area contributed by atoms with Gasteiger partial charge in [-0.15, -0.1) is 0 Å². The molecular formula is C21H17N3O4. The van der Waals surface area contributed by atoms with E-state index in [4.69, 9.17) is 21.3 Å². The van der Waals surface area contributed by atoms with E-state index in [0.717, 1.165) is 11.1 Å². The number of nitrogens with zero attached hydrogens (tertiary/aromatic N) is 1. The zero-order valence-electron chi connectivity index (χ0n) is 14.7. The molecule has 0 aliphatic rings. The van der Waals surface area contributed by atoms with Crippen molar-refractivity contribution in [3.63, 3.8) is 0 Å². The van der Waals surface area contributed by atoms with Crippen molar-refractivity contribution < 1.29 is 19.4 Å². The second-order valence-corrected chi connectivity index (χ2v) is 5.88. The number of hydrogen-bond donors (Lipinski definition) is 3. The van der Waals surface area contributed by atoms with Crippen LogP contribution < -0.4 is 16.2 Å². The molecule has 0 spiro atoms. The summed E-state index contributed by atoms with van der Waals surface area (Å²) in [5, 5.41) is 8.95. The second kappa shape index (κ2) is 8.05. The van der Waals surface area contributed by atoms with Crippen LogP contribution in [0.1, 0.15) is 20.7 Å². The maximum absolute atomic E-state index is 12.3. The Labute approximate surface area is 160 Å². The Morgan fingerprint density at radius 3 is 1.71 bits per heavy atom. The molecule has 140 valence electrons. The minimum absolute atomic E-state index is 0.0533. The van der Waals surface area contributed by atoms with E-state index in [2.05, 4.69) is 4.99 Å². The largest absolute Gasteiger partial charge is 0.478 e. The number of nitrogens with two attached hydrogens (primary N) is 2. The van der Waals surface area contributed by atoms with Gasteiger partial charge in [0.1, 0.15) is 5.75 Å². The maximum atomic E-state index is 12.3. The molecule has 7 nitrogen and oxygen atoms in total. The van der Waals surface area contributed by atoms with Gasteiger partial charge < -0.3 is 21.3 Å². The molecule has 0 saturated carbocycles. The topological polar surface area (TPSA) is 128 Å². The van der Waals surface area contributed by atoms with Crippen LogP contribution in [-0.4, -0.2) is 23.0 Å². The molecule has 3 aromatic carbocycles. The summed E-state index contributed by atoms with van der Waals surface area (Å²) in [4.78, 5) is 27.1. The van der Waals surface area contributed by atoms with E-state index in [0.29, 0.717) is 17.0 Å². The van der Waals surface area contributed by atoms with Gasteiger partial charge in [0, 0.05) is 0 Å². The van der Waals surface area contributed by atoms with Gasteiger partial charge in [-0.2, -0.15) is 0 Å². The smallest absolute Gasteiger partial charge is 0.343 e. The van der Waals surface area contributed by atoms with Crippen LogP contribution in [-0.2, 0) is 0 Å². The highest BCUT2D eigenvalue weighted by molar-refractivity contribution is 5.92. The molecule has 3 aromatic rings. The molecule has 0 aliphatic carbocycles. The van der Waals surface area contributed by atoms with E-state index < -0.39 is 11.9 Å². The molecule has 0 aliphatic heterocycles. The van der Waals surface area contributed by atoms with Crippen LogP contribution >= 0.6 is 0 Å². The maximum Gasteiger partial charge on any atom is 0.343 e. The summed E-state index contributed by atoms with van der Waals surface area (Å²) in [5.41, 5.74) is 13.5. The lowest BCUT2D eigenvalue weighted by atomic mass is 10.0. The van der Waals surface area contributed by atoms with Crippen molar-refractivity contribution >= 4 is 23.6 Å². The van der Waals surface area contributed by atoms with Crippen LogP contribution in [0.25, 0.3) is 11.1 Å². The number of aromatic carboxylic acids is 1. The number of ether oxygens (including phenoxy) is 1. The van der Waals surface area contributed by atoms with E-state index in [1.807, 2.05) is 0 Å². The van der Waals surface area contributed by atoms with Gasteiger partial charge in [-0.1, -0.05) is 24.3 Å². The molecule has 0 radical (unpaired) electrons. The Morgan fingerprint density at radius 2 is 1.25 bits per heavy atom. The third-order valence-corrected chi connectivity index (χ3v) is 3.89. The third kappa shape index (κ3) is 4.53. The van der Waals surface area contributed by atoms with Gasteiger partial charge in [0.15, 0.2) is 5.96 Å². The molecule has 0 fully saturated rings. The van der Waals surface area contributed by atoms with Crippen molar-refractivity contribution in [3.8, 4) is 16.9 Å². The molecule has 0 amide bonds. The van der Waals surface area contributed by atoms with E-state index in [1.54, 1.807) is 60.7 Å². The number of carbonyl (C=O) groups is 2. The Morgan fingerprint density at radius 1 is 0.750 bits per heavy atom. The van der Waals surface area contributed by atoms with Crippen LogP contribution in [0, 0.1) is 0 Å². The first-order valence-electron chi connectivity index (χ1n) is 8.28. The van der Waals surface area contributed by atoms with Crippen molar-refractivity contribution in [2.75, 3.05) is 0 Å². The highest BCUT2D eigenvalue weighted by atomic mass is 16.5. The van der Waals surface area contributed by atoms with E-state index in [9.17, 15) is 9.59 Å². The van der Waals surface area contributed by atoms with Crippen molar-refractivity contribution in [3.05, 3.63) is 83.9 Å². The molecule has 0 bridgehead atoms. The fraction of sp³-hybridized carbons (Fsp3) is 0. The number of esters is 1. The second-order valence-electron chi connectivity index (χ2n) is 5.88. The minimum Gasteiger partial charge on any atom is -0.478 e. The van der Waals surface area contributed by atoms with Gasteiger partial charge >= 0.3 is 11.9 Å². The van der Waals surface area contributed by atoms with Gasteiger partial charge in [0.05, 0.1) is 16.8 Å². The lowest BCUT2D eigenvalue weighted by molar-refractivity contribution is 0.0694. The van der Waals surface area contributed by atoms with Crippen LogP contribution in [0.5, 0.6) is 5.75 Å². The van der Waals surface area contributed by atoms with Crippen LogP contribution in [0.15, 0.2) is 77.8 Å². The Hall–Kier alpha value is -4.13. The number of carbonyl (C=O) groups excluding carboxylic acids is 1. The molecule has 0 unspecified atom stereocenters. The molecule has 0 saturated heterocycles. The normalized spacial score (nSPS) is 10.1. The van der Waals surface area contributed by atoms with Gasteiger partial charge in [-0.05, 0) is 59.7 Å². The fourth-order valence-corrected chi connectivity index (χ4v) is 2.51. The summed E-state index contributed by atoms with van der Waals surface area (Å²) in [5.74, 6) is -1.16. The first kappa shape index (κ1) is 18.7. The van der Waals surface area contributed by atoms with Crippen LogP contribution in [0.2, 0.25) is 0 Å². The first-order valence-corrected chi connectivity index (χ1v) is 8.28. The first-order chi connectivity index (χ1) is 13.4. The summed E-state index contributed by atoms with van der Waals surface area (Å²) < 4.78 is 5.33. The highest BCUT2D eigenvalue weighted by Gasteiger charge is 2.09. The Kier molecular flexibility index (Phi) is 5.36. The monoisotopic (exact) mass is 375 g/mol. The molecule has 3 rings (SSSR count). The van der Waals surface area contributed by atoms with E-state index >= 15 is 0 Å². The Bertz CT molecular complexity index is 1020. The van der Waals surface area contributed by atoms with Crippen LogP contribution in [0.4, 0.5) is 5.69 Å². The molecule has 0 heterocycles. The van der Waals surface area contributed by atoms with E-state index in [-0.39, 0.29) is 11.5 Å². The summed E-state index contributed by atoms with van der Waals surface area (Å²) in [7, 11) is 0. The minimum atomic E-state index is -0.976. The molecule has 0 atom stereocenters. The third-order valence-electron chi connectivity index (χ3n) is 3.89. The van der Waals surface area contributed by atoms with Crippen molar-refractivity contribution in [1.82, 2.24) is 0 Å². The highest BCUT2D eigenvalue weighted by Crippen LogP contribution is 2.22. The number of benzene rings is 3. The molecule has 7 heteroatoms. The summed E-state index contributed by atoms with van der Waals surface area (Å²) in [6.45, 7) is 0. The fourth-order valence-electron chi connectivity index (χ4n) is 2.51. The average Bonchev–Trinajstić information content (AvgIpc) is 2.69. The number of carboxylic acid groups (broad SMARTS) is 1. The number of carboxylic acids is 1. The predicted octanol–water partition coefficient (Wildman–Crippen LogP) is 3.18. The standard InChI is InChI=1S/C21H17N3O4/c22-21(23)24-17-9-11-18(12-10-17)28-20(27)16-7-3-14(4-8-16)13-1-5-15(6-2-13)19(25)26/h1-12H,(H,25,26)(H4,22,23,24). The van der Waals surface area contributed by atoms with Crippen molar-refractivity contribution in [2.24, 2.45) is 16.5 Å². The van der Waals surface area contributed by atoms with Crippen molar-refractivity contribution in [2.45, 2.75) is 0 Å². The van der Waals surface area contributed by atoms with Gasteiger partial charge in [-0.3, -0.25) is 0 Å². The Balaban J connectivity index is 1.69. The van der Waals surface area contributed by atoms with E-state index in [1.165, 1.54) is 12.1 Å². The SMILES string of the molecule is NC(N)=Nc1ccc(OC(=O)c2ccc(-c3ccc(C(=O)O)cc3)cc2)cc1. The van der Waals surface area contributed by atoms with Crippen LogP contribution in [0.3, 0.4) is 0 Å². The predicted molar refractivity (Wildman–Crippen MR) is 106 cm³/mol. The zero-order chi connectivity index (χ0) is 20.1. The number of guanidine groups is 1. The van der Waals surface area contributed by atoms with Gasteiger partial charge in [0.2, 0.25) is 0 Å². The number of aliphatic imine (C=N–C) groups is 1. The lowest BCUT2D eigenvalue weighted by Gasteiger charge is -2.06. The quantitative estimate of drug-likeness (QED) is 0.272. The summed E-state index contributed by atoms with van der Waals surface area (Å²) >= 11 is 0. The molecule has 28 heavy (non-hydrogen) atoms. The molecular weight excluding hydrogens is 358 g/mol. The van der Waals surface area contributed by atoms with Gasteiger partial charge in [0.25, 0.3) is 0 Å². The zero-order valence-corrected chi connectivity index (χ0v) is 14.7. The number of hydrogen-bond acceptors (Lipinski definition) is 4. The summed E-state index contributed by atoms with van der Waals surface area (Å²) in [6.07, 6.45) is 0.